The summed E-state index contributed by atoms with van der Waals surface area (Å²) in [4.78, 5) is 0. The predicted molar refractivity (Wildman–Crippen MR) is 87.2 cm³/mol. The average molecular weight is 312 g/mol. The highest BCUT2D eigenvalue weighted by Gasteiger charge is 2.36. The van der Waals surface area contributed by atoms with Crippen LogP contribution in [0.3, 0.4) is 0 Å². The van der Waals surface area contributed by atoms with E-state index in [1.165, 1.54) is 5.56 Å². The predicted octanol–water partition coefficient (Wildman–Crippen LogP) is 1.41. The fourth-order valence-corrected chi connectivity index (χ4v) is 3.98. The van der Waals surface area contributed by atoms with Crippen molar-refractivity contribution in [3.63, 3.8) is 0 Å². The van der Waals surface area contributed by atoms with E-state index in [0.29, 0.717) is 0 Å². The summed E-state index contributed by atoms with van der Waals surface area (Å²) < 4.78 is 16.2. The first-order chi connectivity index (χ1) is 10.2. The summed E-state index contributed by atoms with van der Waals surface area (Å²) in [6, 6.07) is 11.2. The van der Waals surface area contributed by atoms with Gasteiger partial charge >= 0.3 is 8.80 Å². The Labute approximate surface area is 129 Å². The minimum atomic E-state index is -2.43. The number of nitrogens with one attached hydrogen (secondary N) is 1. The molecule has 21 heavy (non-hydrogen) atoms. The smallest absolute Gasteiger partial charge is 0.377 e. The molecule has 1 aromatic rings. The van der Waals surface area contributed by atoms with Crippen molar-refractivity contribution in [2.45, 2.75) is 24.9 Å². The fourth-order valence-electron chi connectivity index (χ4n) is 2.26. The lowest BCUT2D eigenvalue weighted by atomic mass is 10.1. The van der Waals surface area contributed by atoms with Gasteiger partial charge in [-0.3, -0.25) is 0 Å². The van der Waals surface area contributed by atoms with Crippen LogP contribution in [0, 0.1) is 0 Å². The van der Waals surface area contributed by atoms with Gasteiger partial charge in [-0.1, -0.05) is 30.3 Å². The van der Waals surface area contributed by atoms with E-state index in [1.807, 2.05) is 18.2 Å². The Bertz CT molecular complexity index is 366. The maximum absolute atomic E-state index is 6.12. The quantitative estimate of drug-likeness (QED) is 0.478. The van der Waals surface area contributed by atoms with Gasteiger partial charge in [0.2, 0.25) is 0 Å². The van der Waals surface area contributed by atoms with E-state index in [1.54, 1.807) is 21.3 Å². The lowest BCUT2D eigenvalue weighted by Gasteiger charge is -2.24. The molecule has 0 bridgehead atoms. The molecule has 6 heteroatoms. The first-order valence-electron chi connectivity index (χ1n) is 7.31. The Kier molecular flexibility index (Phi) is 8.75. The highest BCUT2D eigenvalue weighted by atomic mass is 28.4. The first kappa shape index (κ1) is 18.3. The van der Waals surface area contributed by atoms with Crippen molar-refractivity contribution in [1.82, 2.24) is 5.32 Å². The van der Waals surface area contributed by atoms with Crippen LogP contribution in [-0.4, -0.2) is 49.3 Å². The molecule has 0 aliphatic rings. The zero-order chi connectivity index (χ0) is 15.6. The van der Waals surface area contributed by atoms with Crippen molar-refractivity contribution >= 4 is 8.80 Å². The number of hydrogen-bond donors (Lipinski definition) is 2. The van der Waals surface area contributed by atoms with Crippen molar-refractivity contribution < 1.29 is 13.3 Å². The minimum Gasteiger partial charge on any atom is -0.377 e. The van der Waals surface area contributed by atoms with E-state index in [9.17, 15) is 0 Å². The van der Waals surface area contributed by atoms with Crippen LogP contribution in [0.2, 0.25) is 6.04 Å². The topological polar surface area (TPSA) is 65.7 Å². The van der Waals surface area contributed by atoms with Gasteiger partial charge in [0, 0.05) is 40.0 Å². The van der Waals surface area contributed by atoms with Crippen LogP contribution in [0.15, 0.2) is 30.3 Å². The Morgan fingerprint density at radius 3 is 2.29 bits per heavy atom. The van der Waals surface area contributed by atoms with E-state index in [-0.39, 0.29) is 6.04 Å². The molecule has 1 rings (SSSR count). The maximum Gasteiger partial charge on any atom is 0.500 e. The Hall–Kier alpha value is -0.763. The van der Waals surface area contributed by atoms with Gasteiger partial charge < -0.3 is 24.3 Å². The van der Waals surface area contributed by atoms with Crippen molar-refractivity contribution in [2.75, 3.05) is 34.4 Å². The van der Waals surface area contributed by atoms with Gasteiger partial charge in [0.1, 0.15) is 0 Å². The van der Waals surface area contributed by atoms with Crippen molar-refractivity contribution in [3.05, 3.63) is 35.9 Å². The summed E-state index contributed by atoms with van der Waals surface area (Å²) in [6.45, 7) is 1.68. The monoisotopic (exact) mass is 312 g/mol. The second-order valence-electron chi connectivity index (χ2n) is 5.05. The lowest BCUT2D eigenvalue weighted by molar-refractivity contribution is 0.123. The number of nitrogens with two attached hydrogens (primary N) is 1. The van der Waals surface area contributed by atoms with Gasteiger partial charge in [-0.05, 0) is 24.9 Å². The summed E-state index contributed by atoms with van der Waals surface area (Å²) in [5.41, 5.74) is 7.40. The molecule has 0 aliphatic carbocycles. The Balaban J connectivity index is 2.16. The number of rotatable bonds is 11. The SMILES string of the molecule is CO[Si](CCCNCC(N)Cc1ccccc1)(OC)OC. The van der Waals surface area contributed by atoms with Crippen molar-refractivity contribution in [2.24, 2.45) is 5.73 Å². The second-order valence-corrected chi connectivity index (χ2v) is 8.14. The second kappa shape index (κ2) is 10.0. The summed E-state index contributed by atoms with van der Waals surface area (Å²) in [5, 5.41) is 3.38. The molecule has 0 heterocycles. The molecule has 0 aliphatic heterocycles. The van der Waals surface area contributed by atoms with E-state index >= 15 is 0 Å². The summed E-state index contributed by atoms with van der Waals surface area (Å²) in [6.07, 6.45) is 1.83. The summed E-state index contributed by atoms with van der Waals surface area (Å²) >= 11 is 0. The first-order valence-corrected chi connectivity index (χ1v) is 9.24. The van der Waals surface area contributed by atoms with Crippen LogP contribution < -0.4 is 11.1 Å². The van der Waals surface area contributed by atoms with Gasteiger partial charge in [0.15, 0.2) is 0 Å². The molecule has 0 aromatic heterocycles. The zero-order valence-corrected chi connectivity index (χ0v) is 14.3. The molecule has 0 fully saturated rings. The van der Waals surface area contributed by atoms with Gasteiger partial charge in [0.25, 0.3) is 0 Å². The molecule has 0 saturated carbocycles. The fraction of sp³-hybridized carbons (Fsp3) is 0.600. The van der Waals surface area contributed by atoms with E-state index in [2.05, 4.69) is 17.4 Å². The van der Waals surface area contributed by atoms with E-state index < -0.39 is 8.80 Å². The molecule has 1 atom stereocenters. The van der Waals surface area contributed by atoms with Gasteiger partial charge in [-0.2, -0.15) is 0 Å². The van der Waals surface area contributed by atoms with Crippen LogP contribution in [0.25, 0.3) is 0 Å². The third kappa shape index (κ3) is 6.69. The standard InChI is InChI=1S/C15H28N2O3Si/c1-18-21(19-2,20-3)11-7-10-17-13-15(16)12-14-8-5-4-6-9-14/h4-6,8-9,15,17H,7,10-13,16H2,1-3H3. The molecule has 5 nitrogen and oxygen atoms in total. The van der Waals surface area contributed by atoms with Gasteiger partial charge in [-0.25, -0.2) is 0 Å². The van der Waals surface area contributed by atoms with E-state index in [4.69, 9.17) is 19.0 Å². The molecule has 3 N–H and O–H groups in total. The largest absolute Gasteiger partial charge is 0.500 e. The molecule has 0 radical (unpaired) electrons. The third-order valence-electron chi connectivity index (χ3n) is 3.52. The lowest BCUT2D eigenvalue weighted by Crippen LogP contribution is -2.43. The highest BCUT2D eigenvalue weighted by Crippen LogP contribution is 2.14. The molecule has 0 amide bonds. The molecular formula is C15H28N2O3Si. The average Bonchev–Trinajstić information content (AvgIpc) is 2.52. The Morgan fingerprint density at radius 2 is 1.71 bits per heavy atom. The van der Waals surface area contributed by atoms with Crippen LogP contribution in [0.4, 0.5) is 0 Å². The normalized spacial score (nSPS) is 13.3. The van der Waals surface area contributed by atoms with Crippen LogP contribution in [0.5, 0.6) is 0 Å². The van der Waals surface area contributed by atoms with Gasteiger partial charge in [-0.15, -0.1) is 0 Å². The molecule has 120 valence electrons. The molecular weight excluding hydrogens is 284 g/mol. The van der Waals surface area contributed by atoms with Crippen molar-refractivity contribution in [3.8, 4) is 0 Å². The molecule has 1 unspecified atom stereocenters. The summed E-state index contributed by atoms with van der Waals surface area (Å²) in [7, 11) is 2.50. The molecule has 0 saturated heterocycles. The number of hydrogen-bond acceptors (Lipinski definition) is 5. The maximum atomic E-state index is 6.12. The summed E-state index contributed by atoms with van der Waals surface area (Å²) in [5.74, 6) is 0. The van der Waals surface area contributed by atoms with Crippen LogP contribution in [-0.2, 0) is 19.7 Å². The van der Waals surface area contributed by atoms with Crippen LogP contribution >= 0.6 is 0 Å². The van der Waals surface area contributed by atoms with Crippen LogP contribution in [0.1, 0.15) is 12.0 Å². The van der Waals surface area contributed by atoms with Crippen molar-refractivity contribution in [1.29, 1.82) is 0 Å². The minimum absolute atomic E-state index is 0.127. The van der Waals surface area contributed by atoms with E-state index in [0.717, 1.165) is 32.0 Å². The molecule has 1 aromatic carbocycles. The number of benzene rings is 1. The highest BCUT2D eigenvalue weighted by molar-refractivity contribution is 6.60. The zero-order valence-electron chi connectivity index (χ0n) is 13.3. The van der Waals surface area contributed by atoms with Gasteiger partial charge in [0.05, 0.1) is 0 Å². The molecule has 0 spiro atoms. The third-order valence-corrected chi connectivity index (χ3v) is 6.35. The Morgan fingerprint density at radius 1 is 1.10 bits per heavy atom.